The van der Waals surface area contributed by atoms with Gasteiger partial charge in [-0.1, -0.05) is 0 Å². The van der Waals surface area contributed by atoms with Crippen molar-refractivity contribution in [2.75, 3.05) is 5.73 Å². The highest BCUT2D eigenvalue weighted by Gasteiger charge is 2.02. The van der Waals surface area contributed by atoms with E-state index in [0.29, 0.717) is 10.9 Å². The number of H-pyrrole nitrogens is 1. The predicted molar refractivity (Wildman–Crippen MR) is 48.9 cm³/mol. The zero-order valence-corrected chi connectivity index (χ0v) is 6.67. The van der Waals surface area contributed by atoms with Crippen molar-refractivity contribution in [2.24, 2.45) is 0 Å². The van der Waals surface area contributed by atoms with E-state index in [-0.39, 0.29) is 16.9 Å². The maximum Gasteiger partial charge on any atom is 0.212 e. The maximum absolute atomic E-state index is 12.7. The minimum atomic E-state index is -0.382. The number of pyridine rings is 1. The number of halogens is 1. The molecule has 1 aromatic heterocycles. The van der Waals surface area contributed by atoms with Gasteiger partial charge in [-0.15, -0.1) is 0 Å². The summed E-state index contributed by atoms with van der Waals surface area (Å²) in [5.41, 5.74) is 5.71. The predicted octanol–water partition coefficient (Wildman–Crippen LogP) is 1.25. The van der Waals surface area contributed by atoms with Gasteiger partial charge in [-0.25, -0.2) is 4.39 Å². The Morgan fingerprint density at radius 2 is 2.15 bits per heavy atom. The van der Waals surface area contributed by atoms with Crippen molar-refractivity contribution in [1.29, 1.82) is 0 Å². The first-order chi connectivity index (χ1) is 6.18. The molecule has 0 atom stereocenters. The van der Waals surface area contributed by atoms with Gasteiger partial charge in [0.2, 0.25) is 5.43 Å². The van der Waals surface area contributed by atoms with Crippen LogP contribution in [0.4, 0.5) is 10.1 Å². The highest BCUT2D eigenvalue weighted by molar-refractivity contribution is 5.80. The molecule has 2 rings (SSSR count). The molecule has 0 bridgehead atoms. The van der Waals surface area contributed by atoms with E-state index >= 15 is 0 Å². The molecule has 2 aromatic rings. The fraction of sp³-hybridized carbons (Fsp3) is 0. The average Bonchev–Trinajstić information content (AvgIpc) is 2.12. The topological polar surface area (TPSA) is 58.9 Å². The lowest BCUT2D eigenvalue weighted by Gasteiger charge is -1.98. The molecule has 0 saturated heterocycles. The quantitative estimate of drug-likeness (QED) is 0.637. The van der Waals surface area contributed by atoms with Crippen LogP contribution in [0.15, 0.2) is 29.2 Å². The van der Waals surface area contributed by atoms with Crippen LogP contribution < -0.4 is 11.2 Å². The number of fused-ring (bicyclic) bond motifs is 1. The van der Waals surface area contributed by atoms with Crippen molar-refractivity contribution in [1.82, 2.24) is 4.98 Å². The number of hydrogen-bond acceptors (Lipinski definition) is 2. The first kappa shape index (κ1) is 7.79. The number of nitrogen functional groups attached to an aromatic ring is 1. The van der Waals surface area contributed by atoms with Crippen LogP contribution in [0.5, 0.6) is 0 Å². The third-order valence-electron chi connectivity index (χ3n) is 1.87. The van der Waals surface area contributed by atoms with E-state index in [0.717, 1.165) is 0 Å². The smallest absolute Gasteiger partial charge is 0.212 e. The van der Waals surface area contributed by atoms with Crippen LogP contribution in [0, 0.1) is 5.82 Å². The third-order valence-corrected chi connectivity index (χ3v) is 1.87. The Hall–Kier alpha value is -1.84. The van der Waals surface area contributed by atoms with Gasteiger partial charge < -0.3 is 10.7 Å². The van der Waals surface area contributed by atoms with Gasteiger partial charge in [0, 0.05) is 11.6 Å². The van der Waals surface area contributed by atoms with Gasteiger partial charge >= 0.3 is 0 Å². The van der Waals surface area contributed by atoms with Crippen molar-refractivity contribution in [3.63, 3.8) is 0 Å². The van der Waals surface area contributed by atoms with Crippen molar-refractivity contribution >= 4 is 16.6 Å². The van der Waals surface area contributed by atoms with E-state index in [1.807, 2.05) is 0 Å². The molecule has 3 N–H and O–H groups in total. The summed E-state index contributed by atoms with van der Waals surface area (Å²) in [6, 6.07) is 3.91. The zero-order chi connectivity index (χ0) is 9.42. The summed E-state index contributed by atoms with van der Waals surface area (Å²) >= 11 is 0. The largest absolute Gasteiger partial charge is 0.394 e. The van der Waals surface area contributed by atoms with Crippen LogP contribution >= 0.6 is 0 Å². The lowest BCUT2D eigenvalue weighted by atomic mass is 10.2. The molecule has 0 aliphatic carbocycles. The van der Waals surface area contributed by atoms with Crippen LogP contribution in [-0.2, 0) is 0 Å². The molecule has 0 unspecified atom stereocenters. The fourth-order valence-electron chi connectivity index (χ4n) is 1.21. The summed E-state index contributed by atoms with van der Waals surface area (Å²) < 4.78 is 12.7. The van der Waals surface area contributed by atoms with Crippen molar-refractivity contribution in [3.8, 4) is 0 Å². The van der Waals surface area contributed by atoms with Crippen molar-refractivity contribution in [2.45, 2.75) is 0 Å². The van der Waals surface area contributed by atoms with Crippen molar-refractivity contribution < 1.29 is 4.39 Å². The molecular formula is C9H7FN2O. The molecule has 1 aromatic carbocycles. The third kappa shape index (κ3) is 1.16. The Bertz CT molecular complexity index is 518. The first-order valence-corrected chi connectivity index (χ1v) is 3.75. The maximum atomic E-state index is 12.7. The Balaban J connectivity index is 2.95. The summed E-state index contributed by atoms with van der Waals surface area (Å²) in [6.45, 7) is 0. The number of aromatic amines is 1. The van der Waals surface area contributed by atoms with E-state index in [2.05, 4.69) is 4.98 Å². The Morgan fingerprint density at radius 1 is 1.38 bits per heavy atom. The van der Waals surface area contributed by atoms with Crippen LogP contribution in [0.1, 0.15) is 0 Å². The highest BCUT2D eigenvalue weighted by atomic mass is 19.1. The number of anilines is 1. The Morgan fingerprint density at radius 3 is 2.92 bits per heavy atom. The van der Waals surface area contributed by atoms with E-state index in [9.17, 15) is 9.18 Å². The van der Waals surface area contributed by atoms with Crippen LogP contribution in [-0.4, -0.2) is 4.98 Å². The van der Waals surface area contributed by atoms with Gasteiger partial charge in [0.25, 0.3) is 0 Å². The van der Waals surface area contributed by atoms with Gasteiger partial charge in [-0.05, 0) is 18.2 Å². The zero-order valence-electron chi connectivity index (χ0n) is 6.67. The van der Waals surface area contributed by atoms with Gasteiger partial charge in [-0.2, -0.15) is 0 Å². The SMILES string of the molecule is Nc1c[nH]c2cc(F)ccc2c1=O. The van der Waals surface area contributed by atoms with Crippen molar-refractivity contribution in [3.05, 3.63) is 40.4 Å². The second-order valence-corrected chi connectivity index (χ2v) is 2.76. The van der Waals surface area contributed by atoms with Crippen LogP contribution in [0.2, 0.25) is 0 Å². The fourth-order valence-corrected chi connectivity index (χ4v) is 1.21. The summed E-state index contributed by atoms with van der Waals surface area (Å²) in [5, 5.41) is 0.404. The second kappa shape index (κ2) is 2.58. The van der Waals surface area contributed by atoms with Crippen LogP contribution in [0.3, 0.4) is 0 Å². The number of aromatic nitrogens is 1. The van der Waals surface area contributed by atoms with Gasteiger partial charge in [-0.3, -0.25) is 4.79 Å². The molecule has 0 saturated carbocycles. The summed E-state index contributed by atoms with van der Waals surface area (Å²) in [5.74, 6) is -0.382. The molecule has 13 heavy (non-hydrogen) atoms. The normalized spacial score (nSPS) is 10.5. The molecule has 0 fully saturated rings. The molecule has 3 nitrogen and oxygen atoms in total. The molecule has 0 aliphatic heterocycles. The number of nitrogens with one attached hydrogen (secondary N) is 1. The highest BCUT2D eigenvalue weighted by Crippen LogP contribution is 2.10. The second-order valence-electron chi connectivity index (χ2n) is 2.76. The average molecular weight is 178 g/mol. The molecular weight excluding hydrogens is 171 g/mol. The van der Waals surface area contributed by atoms with Gasteiger partial charge in [0.15, 0.2) is 0 Å². The molecule has 0 amide bonds. The minimum Gasteiger partial charge on any atom is -0.394 e. The number of hydrogen-bond donors (Lipinski definition) is 2. The lowest BCUT2D eigenvalue weighted by molar-refractivity contribution is 0.629. The summed E-state index contributed by atoms with van der Waals surface area (Å²) in [6.07, 6.45) is 1.37. The van der Waals surface area contributed by atoms with Gasteiger partial charge in [0.1, 0.15) is 5.82 Å². The lowest BCUT2D eigenvalue weighted by Crippen LogP contribution is -2.08. The number of rotatable bonds is 0. The number of benzene rings is 1. The number of nitrogens with two attached hydrogens (primary N) is 1. The molecule has 0 radical (unpaired) electrons. The molecule has 66 valence electrons. The Kier molecular flexibility index (Phi) is 1.55. The van der Waals surface area contributed by atoms with E-state index in [1.165, 1.54) is 24.4 Å². The monoisotopic (exact) mass is 178 g/mol. The van der Waals surface area contributed by atoms with E-state index < -0.39 is 0 Å². The molecule has 0 spiro atoms. The van der Waals surface area contributed by atoms with Crippen LogP contribution in [0.25, 0.3) is 10.9 Å². The summed E-state index contributed by atoms with van der Waals surface area (Å²) in [4.78, 5) is 14.1. The van der Waals surface area contributed by atoms with E-state index in [4.69, 9.17) is 5.73 Å². The minimum absolute atomic E-state index is 0.138. The molecule has 1 heterocycles. The molecule has 4 heteroatoms. The summed E-state index contributed by atoms with van der Waals surface area (Å²) in [7, 11) is 0. The Labute approximate surface area is 73.0 Å². The first-order valence-electron chi connectivity index (χ1n) is 3.75. The van der Waals surface area contributed by atoms with Gasteiger partial charge in [0.05, 0.1) is 11.2 Å². The molecule has 0 aliphatic rings. The standard InChI is InChI=1S/C9H7FN2O/c10-5-1-2-6-8(3-5)12-4-7(11)9(6)13/h1-4H,11H2,(H,12,13). The van der Waals surface area contributed by atoms with E-state index in [1.54, 1.807) is 0 Å².